The molecule has 16 heteroatoms. The number of fused-ring (bicyclic) bond motifs is 2. The van der Waals surface area contributed by atoms with Crippen molar-refractivity contribution >= 4 is 140 Å². The molecular formula is C48H44BClK3N4O6P. The molecule has 0 amide bonds. The van der Waals surface area contributed by atoms with Gasteiger partial charge in [-0.05, 0) is 109 Å². The van der Waals surface area contributed by atoms with Crippen LogP contribution in [0.3, 0.4) is 0 Å². The second-order valence-electron chi connectivity index (χ2n) is 14.8. The zero-order valence-electron chi connectivity index (χ0n) is 37.1. The normalized spacial score (nSPS) is 13.2. The molecular weight excluding hydrogens is 923 g/mol. The largest absolute Gasteiger partial charge is 0.356 e. The van der Waals surface area contributed by atoms with Crippen LogP contribution >= 0.6 is 19.9 Å². The maximum absolute atomic E-state index is 8.87. The number of nitrogens with zero attached hydrogens (tertiary/aromatic N) is 2. The second kappa shape index (κ2) is 28.4. The van der Waals surface area contributed by atoms with Gasteiger partial charge in [0.15, 0.2) is 0 Å². The Morgan fingerprint density at radius 1 is 0.609 bits per heavy atom. The summed E-state index contributed by atoms with van der Waals surface area (Å²) >= 11 is 8.35. The molecule has 1 atom stereocenters. The average Bonchev–Trinajstić information content (AvgIpc) is 3.54. The van der Waals surface area contributed by atoms with Crippen LogP contribution in [0.5, 0.6) is 0 Å². The fourth-order valence-corrected chi connectivity index (χ4v) is 6.52. The van der Waals surface area contributed by atoms with Crippen molar-refractivity contribution in [3.05, 3.63) is 187 Å². The van der Waals surface area contributed by atoms with Gasteiger partial charge in [0.05, 0.1) is 16.9 Å². The van der Waals surface area contributed by atoms with Crippen LogP contribution in [0.1, 0.15) is 27.7 Å². The molecule has 0 aliphatic carbocycles. The van der Waals surface area contributed by atoms with E-state index in [2.05, 4.69) is 120 Å². The van der Waals surface area contributed by atoms with Crippen LogP contribution in [0.2, 0.25) is 5.15 Å². The number of aromatic nitrogens is 2. The molecule has 8 aromatic rings. The Kier molecular flexibility index (Phi) is 24.6. The van der Waals surface area contributed by atoms with Crippen molar-refractivity contribution in [2.24, 2.45) is 0 Å². The molecule has 2 aromatic heterocycles. The quantitative estimate of drug-likeness (QED) is 0.0577. The van der Waals surface area contributed by atoms with Gasteiger partial charge in [-0.1, -0.05) is 121 Å². The number of anilines is 4. The third-order valence-corrected chi connectivity index (χ3v) is 10.5. The van der Waals surface area contributed by atoms with Gasteiger partial charge in [0.25, 0.3) is 0 Å². The summed E-state index contributed by atoms with van der Waals surface area (Å²) in [4.78, 5) is 17.4. The summed E-state index contributed by atoms with van der Waals surface area (Å²) in [5.74, 6) is 0. The van der Waals surface area contributed by atoms with E-state index in [1.54, 1.807) is 6.20 Å². The van der Waals surface area contributed by atoms with E-state index in [1.807, 2.05) is 109 Å². The van der Waals surface area contributed by atoms with E-state index < -0.39 is 8.25 Å². The van der Waals surface area contributed by atoms with Gasteiger partial charge in [-0.25, -0.2) is 9.66 Å². The van der Waals surface area contributed by atoms with Crippen molar-refractivity contribution in [2.45, 2.75) is 38.9 Å². The van der Waals surface area contributed by atoms with Gasteiger partial charge >= 0.3 is 130 Å². The standard InChI is InChI=1S/C21H16N2.C18H22BNO2.C9H6ClN.3K.HO4P/c1-2-9-18(10-3-1)23-19-11-6-8-17(15-19)21-20-12-5-4-7-16(20)13-14-22-21;1-17(2)18(3,4)22-19(21-17)14-9-8-12-16(13-14)20-15-10-6-5-7-11-15;10-9-8-4-2-1-3-7(8)5-6-11-9;;;;1-4-5(2)3/h1-15,23H;5-13,20H,1-4H3;1-6H;;;;1H/q;;;;;+1;/p-1. The van der Waals surface area contributed by atoms with Crippen molar-refractivity contribution in [1.29, 1.82) is 0 Å². The molecule has 1 fully saturated rings. The number of pyridine rings is 2. The van der Waals surface area contributed by atoms with E-state index in [-0.39, 0.29) is 69.7 Å². The van der Waals surface area contributed by atoms with Crippen molar-refractivity contribution in [2.75, 3.05) is 10.6 Å². The number of para-hydroxylation sites is 2. The molecule has 0 spiro atoms. The maximum Gasteiger partial charge on any atom is 0.0781 e. The van der Waals surface area contributed by atoms with Crippen molar-refractivity contribution in [3.63, 3.8) is 0 Å². The van der Waals surface area contributed by atoms with Crippen LogP contribution in [0.25, 0.3) is 32.8 Å². The third kappa shape index (κ3) is 16.8. The number of benzene rings is 6. The summed E-state index contributed by atoms with van der Waals surface area (Å²) in [5, 5.41) is 20.5. The summed E-state index contributed by atoms with van der Waals surface area (Å²) in [7, 11) is -3.48. The average molecular weight is 967 g/mol. The van der Waals surface area contributed by atoms with Crippen LogP contribution < -0.4 is 77.6 Å². The Balaban J connectivity index is 0.000000203. The van der Waals surface area contributed by atoms with Gasteiger partial charge in [0.1, 0.15) is 5.15 Å². The van der Waals surface area contributed by atoms with E-state index in [1.165, 1.54) is 73.9 Å². The van der Waals surface area contributed by atoms with E-state index >= 15 is 0 Å². The Hall–Kier alpha value is -1.10. The van der Waals surface area contributed by atoms with Gasteiger partial charge < -0.3 is 30.1 Å². The van der Waals surface area contributed by atoms with Gasteiger partial charge in [0.2, 0.25) is 0 Å². The van der Waals surface area contributed by atoms with Crippen LogP contribution in [0.15, 0.2) is 182 Å². The summed E-state index contributed by atoms with van der Waals surface area (Å²) in [6, 6.07) is 57.1. The van der Waals surface area contributed by atoms with Crippen LogP contribution in [-0.2, 0) is 18.5 Å². The molecule has 2 N–H and O–H groups in total. The van der Waals surface area contributed by atoms with E-state index in [0.29, 0.717) is 5.15 Å². The van der Waals surface area contributed by atoms with Crippen LogP contribution in [-0.4, -0.2) is 91.4 Å². The van der Waals surface area contributed by atoms with E-state index in [0.717, 1.165) is 50.2 Å². The van der Waals surface area contributed by atoms with Gasteiger partial charge in [-0.2, -0.15) is 0 Å². The second-order valence-corrected chi connectivity index (χ2v) is 15.7. The number of hydrogen-bond acceptors (Lipinski definition) is 10. The fraction of sp³-hybridized carbons (Fsp3) is 0.125. The predicted molar refractivity (Wildman–Crippen MR) is 256 cm³/mol. The first-order valence-electron chi connectivity index (χ1n) is 20.4. The van der Waals surface area contributed by atoms with Gasteiger partial charge in [0, 0.05) is 51.5 Å². The predicted octanol–water partition coefficient (Wildman–Crippen LogP) is 6.80. The smallest absolute Gasteiger partial charge is 0.0781 e. The molecule has 64 heavy (non-hydrogen) atoms. The maximum atomic E-state index is 8.87. The van der Waals surface area contributed by atoms with Crippen molar-refractivity contribution in [3.8, 4) is 11.3 Å². The number of hydrogen-bond donors (Lipinski definition) is 2. The molecule has 310 valence electrons. The molecule has 3 heterocycles. The minimum Gasteiger partial charge on any atom is -0.356 e. The van der Waals surface area contributed by atoms with Crippen molar-refractivity contribution < 1.29 is 80.1 Å². The number of nitrogens with one attached hydrogen (secondary N) is 2. The molecule has 0 saturated carbocycles. The SMILES string of the molecule is CC1(C)OB(c2cccc(Nc3ccccc3)c2)OC1(C)C.Clc1nccc2ccccc12.O=[P+]([O-])O[O-].[K+].[K][K].c1ccc(Nc2cccc(-c3nccc4ccccc34)c2)cc1. The third-order valence-electron chi connectivity index (χ3n) is 10.0. The monoisotopic (exact) mass is 966 g/mol. The topological polar surface area (TPSA) is 141 Å². The Morgan fingerprint density at radius 3 is 1.58 bits per heavy atom. The molecule has 0 bridgehead atoms. The summed E-state index contributed by atoms with van der Waals surface area (Å²) in [6.45, 7) is 8.27. The zero-order valence-corrected chi connectivity index (χ0v) is 48.1. The van der Waals surface area contributed by atoms with Gasteiger partial charge in [-0.15, -0.1) is 0 Å². The van der Waals surface area contributed by atoms with Gasteiger partial charge in [-0.3, -0.25) is 4.98 Å². The Bertz CT molecular complexity index is 2670. The molecule has 0 radical (unpaired) electrons. The molecule has 1 aliphatic heterocycles. The first-order valence-corrected chi connectivity index (χ1v) is 37.9. The molecule has 1 saturated heterocycles. The van der Waals surface area contributed by atoms with Crippen LogP contribution in [0, 0.1) is 0 Å². The molecule has 10 nitrogen and oxygen atoms in total. The minimum atomic E-state index is -3.15. The first-order chi connectivity index (χ1) is 30.4. The zero-order chi connectivity index (χ0) is 45.2. The number of rotatable bonds is 7. The van der Waals surface area contributed by atoms with E-state index in [4.69, 9.17) is 35.6 Å². The molecule has 1 unspecified atom stereocenters. The Morgan fingerprint density at radius 2 is 1.05 bits per heavy atom. The van der Waals surface area contributed by atoms with Crippen molar-refractivity contribution in [1.82, 2.24) is 9.97 Å². The Labute approximate surface area is 469 Å². The minimum absolute atomic E-state index is 0. The fourth-order valence-electron chi connectivity index (χ4n) is 6.30. The summed E-state index contributed by atoms with van der Waals surface area (Å²) in [5.41, 5.74) is 6.74. The molecule has 6 aromatic carbocycles. The molecule has 9 rings (SSSR count). The van der Waals surface area contributed by atoms with E-state index in [9.17, 15) is 0 Å². The van der Waals surface area contributed by atoms with Crippen LogP contribution in [0.4, 0.5) is 22.7 Å². The molecule has 1 aliphatic rings. The summed E-state index contributed by atoms with van der Waals surface area (Å²) < 4.78 is 23.5. The summed E-state index contributed by atoms with van der Waals surface area (Å²) in [6.07, 6.45) is 3.58. The first kappa shape index (κ1) is 55.5. The number of halogens is 1.